The van der Waals surface area contributed by atoms with Gasteiger partial charge >= 0.3 is 0 Å². The third-order valence-electron chi connectivity index (χ3n) is 6.05. The molecule has 0 spiro atoms. The highest BCUT2D eigenvalue weighted by molar-refractivity contribution is 5.95. The molecule has 2 aliphatic rings. The minimum atomic E-state index is 0.490. The second kappa shape index (κ2) is 8.44. The lowest BCUT2D eigenvalue weighted by Gasteiger charge is -2.35. The van der Waals surface area contributed by atoms with Gasteiger partial charge in [0.05, 0.1) is 38.1 Å². The van der Waals surface area contributed by atoms with Crippen molar-refractivity contribution in [2.45, 2.75) is 18.8 Å². The number of nitrogens with zero attached hydrogens (tertiary/aromatic N) is 5. The van der Waals surface area contributed by atoms with Crippen LogP contribution in [-0.2, 0) is 4.74 Å². The molecule has 0 saturated carbocycles. The fraction of sp³-hybridized carbons (Fsp3) is 0.435. The highest BCUT2D eigenvalue weighted by atomic mass is 16.5. The van der Waals surface area contributed by atoms with Gasteiger partial charge in [-0.15, -0.1) is 0 Å². The fourth-order valence-corrected chi connectivity index (χ4v) is 4.48. The molecule has 156 valence electrons. The molecule has 5 rings (SSSR count). The van der Waals surface area contributed by atoms with Crippen molar-refractivity contribution >= 4 is 22.7 Å². The van der Waals surface area contributed by atoms with Gasteiger partial charge in [-0.05, 0) is 18.4 Å². The molecule has 0 bridgehead atoms. The maximum atomic E-state index is 5.65. The Morgan fingerprint density at radius 3 is 2.63 bits per heavy atom. The fourth-order valence-electron chi connectivity index (χ4n) is 4.48. The number of methoxy groups -OCH3 is 1. The second-order valence-electron chi connectivity index (χ2n) is 7.88. The van der Waals surface area contributed by atoms with Gasteiger partial charge in [0.2, 0.25) is 5.95 Å². The van der Waals surface area contributed by atoms with Gasteiger partial charge in [0, 0.05) is 32.1 Å². The standard InChI is InChI=1S/C23H27N5O2/c1-29-20-15-24-14-19-21(20)22(26-23(25-19)27-10-12-30-13-11-27)28-9-5-8-18(16-28)17-6-3-2-4-7-17/h2-4,6-7,14-15,18H,5,8-13,16H2,1H3/t18-/m1/s1. The first kappa shape index (κ1) is 19.1. The molecule has 3 aromatic rings. The van der Waals surface area contributed by atoms with E-state index < -0.39 is 0 Å². The molecule has 0 radical (unpaired) electrons. The Labute approximate surface area is 176 Å². The zero-order valence-electron chi connectivity index (χ0n) is 17.3. The summed E-state index contributed by atoms with van der Waals surface area (Å²) in [7, 11) is 1.68. The van der Waals surface area contributed by atoms with Crippen molar-refractivity contribution < 1.29 is 9.47 Å². The van der Waals surface area contributed by atoms with Gasteiger partial charge < -0.3 is 19.3 Å². The predicted molar refractivity (Wildman–Crippen MR) is 118 cm³/mol. The van der Waals surface area contributed by atoms with Gasteiger partial charge in [-0.2, -0.15) is 4.98 Å². The summed E-state index contributed by atoms with van der Waals surface area (Å²) in [5.74, 6) is 2.90. The lowest BCUT2D eigenvalue weighted by Crippen LogP contribution is -2.39. The van der Waals surface area contributed by atoms with Crippen LogP contribution in [-0.4, -0.2) is 61.5 Å². The number of morpholine rings is 1. The van der Waals surface area contributed by atoms with Gasteiger partial charge in [-0.25, -0.2) is 4.98 Å². The molecule has 4 heterocycles. The van der Waals surface area contributed by atoms with Crippen LogP contribution >= 0.6 is 0 Å². The van der Waals surface area contributed by atoms with Crippen molar-refractivity contribution in [3.8, 4) is 5.75 Å². The molecular formula is C23H27N5O2. The Bertz CT molecular complexity index is 1010. The quantitative estimate of drug-likeness (QED) is 0.660. The zero-order chi connectivity index (χ0) is 20.3. The highest BCUT2D eigenvalue weighted by Crippen LogP contribution is 2.37. The van der Waals surface area contributed by atoms with Crippen molar-refractivity contribution in [2.24, 2.45) is 0 Å². The molecular weight excluding hydrogens is 378 g/mol. The molecule has 2 aromatic heterocycles. The van der Waals surface area contributed by atoms with E-state index >= 15 is 0 Å². The smallest absolute Gasteiger partial charge is 0.228 e. The molecule has 2 fully saturated rings. The van der Waals surface area contributed by atoms with Crippen LogP contribution in [0.3, 0.4) is 0 Å². The van der Waals surface area contributed by atoms with E-state index in [0.717, 1.165) is 61.0 Å². The van der Waals surface area contributed by atoms with Crippen molar-refractivity contribution in [1.82, 2.24) is 15.0 Å². The summed E-state index contributed by atoms with van der Waals surface area (Å²) < 4.78 is 11.2. The Hall–Kier alpha value is -2.93. The van der Waals surface area contributed by atoms with E-state index in [2.05, 4.69) is 45.1 Å². The monoisotopic (exact) mass is 405 g/mol. The second-order valence-corrected chi connectivity index (χ2v) is 7.88. The van der Waals surface area contributed by atoms with Gasteiger partial charge in [-0.3, -0.25) is 4.98 Å². The van der Waals surface area contributed by atoms with Crippen molar-refractivity contribution in [1.29, 1.82) is 0 Å². The molecule has 1 atom stereocenters. The summed E-state index contributed by atoms with van der Waals surface area (Å²) in [4.78, 5) is 18.8. The van der Waals surface area contributed by atoms with Crippen LogP contribution in [0.1, 0.15) is 24.3 Å². The molecule has 2 saturated heterocycles. The summed E-state index contributed by atoms with van der Waals surface area (Å²) in [6.07, 6.45) is 5.89. The number of hydrogen-bond acceptors (Lipinski definition) is 7. The van der Waals surface area contributed by atoms with Gasteiger partial charge in [-0.1, -0.05) is 30.3 Å². The molecule has 7 heteroatoms. The van der Waals surface area contributed by atoms with E-state index in [-0.39, 0.29) is 0 Å². The van der Waals surface area contributed by atoms with Crippen molar-refractivity contribution in [2.75, 3.05) is 56.3 Å². The first-order valence-electron chi connectivity index (χ1n) is 10.7. The van der Waals surface area contributed by atoms with Crippen LogP contribution in [0.5, 0.6) is 5.75 Å². The number of fused-ring (bicyclic) bond motifs is 1. The molecule has 7 nitrogen and oxygen atoms in total. The summed E-state index contributed by atoms with van der Waals surface area (Å²) in [6, 6.07) is 10.8. The molecule has 30 heavy (non-hydrogen) atoms. The minimum Gasteiger partial charge on any atom is -0.494 e. The Kier molecular flexibility index (Phi) is 5.36. The van der Waals surface area contributed by atoms with Crippen LogP contribution in [0.25, 0.3) is 10.9 Å². The van der Waals surface area contributed by atoms with E-state index in [1.165, 1.54) is 12.0 Å². The largest absolute Gasteiger partial charge is 0.494 e. The lowest BCUT2D eigenvalue weighted by atomic mass is 9.90. The van der Waals surface area contributed by atoms with Crippen LogP contribution in [0.4, 0.5) is 11.8 Å². The van der Waals surface area contributed by atoms with Gasteiger partial charge in [0.25, 0.3) is 0 Å². The first-order valence-corrected chi connectivity index (χ1v) is 10.7. The molecule has 1 aromatic carbocycles. The SMILES string of the molecule is COc1cncc2nc(N3CCOCC3)nc(N3CCC[C@@H](c4ccccc4)C3)c12. The van der Waals surface area contributed by atoms with Crippen molar-refractivity contribution in [3.63, 3.8) is 0 Å². The third-order valence-corrected chi connectivity index (χ3v) is 6.05. The number of rotatable bonds is 4. The molecule has 2 aliphatic heterocycles. The zero-order valence-corrected chi connectivity index (χ0v) is 17.3. The maximum absolute atomic E-state index is 5.65. The number of ether oxygens (including phenoxy) is 2. The minimum absolute atomic E-state index is 0.490. The van der Waals surface area contributed by atoms with Crippen LogP contribution in [0.15, 0.2) is 42.7 Å². The lowest BCUT2D eigenvalue weighted by molar-refractivity contribution is 0.122. The van der Waals surface area contributed by atoms with Crippen LogP contribution in [0.2, 0.25) is 0 Å². The van der Waals surface area contributed by atoms with Gasteiger partial charge in [0.15, 0.2) is 0 Å². The summed E-state index contributed by atoms with van der Waals surface area (Å²) in [6.45, 7) is 4.91. The van der Waals surface area contributed by atoms with Crippen LogP contribution in [0, 0.1) is 0 Å². The van der Waals surface area contributed by atoms with E-state index in [9.17, 15) is 0 Å². The molecule has 0 aliphatic carbocycles. The Morgan fingerprint density at radius 2 is 1.83 bits per heavy atom. The number of pyridine rings is 1. The normalized spacial score (nSPS) is 19.8. The average Bonchev–Trinajstić information content (AvgIpc) is 2.84. The summed E-state index contributed by atoms with van der Waals surface area (Å²) in [5.41, 5.74) is 2.21. The molecule has 0 N–H and O–H groups in total. The summed E-state index contributed by atoms with van der Waals surface area (Å²) >= 11 is 0. The number of aromatic nitrogens is 3. The number of benzene rings is 1. The number of piperidine rings is 1. The van der Waals surface area contributed by atoms with E-state index in [1.807, 2.05) is 6.20 Å². The number of anilines is 2. The average molecular weight is 406 g/mol. The number of hydrogen-bond donors (Lipinski definition) is 0. The van der Waals surface area contributed by atoms with E-state index in [0.29, 0.717) is 19.1 Å². The summed E-state index contributed by atoms with van der Waals surface area (Å²) in [5, 5.41) is 0.943. The maximum Gasteiger partial charge on any atom is 0.228 e. The first-order chi connectivity index (χ1) is 14.8. The third kappa shape index (κ3) is 3.65. The molecule has 0 unspecified atom stereocenters. The highest BCUT2D eigenvalue weighted by Gasteiger charge is 2.27. The van der Waals surface area contributed by atoms with E-state index in [1.54, 1.807) is 13.3 Å². The molecule has 0 amide bonds. The van der Waals surface area contributed by atoms with E-state index in [4.69, 9.17) is 19.4 Å². The Morgan fingerprint density at radius 1 is 1.00 bits per heavy atom. The Balaban J connectivity index is 1.57. The topological polar surface area (TPSA) is 63.6 Å². The predicted octanol–water partition coefficient (Wildman–Crippen LogP) is 3.25. The van der Waals surface area contributed by atoms with Crippen LogP contribution < -0.4 is 14.5 Å². The van der Waals surface area contributed by atoms with Crippen molar-refractivity contribution in [3.05, 3.63) is 48.3 Å². The van der Waals surface area contributed by atoms with Gasteiger partial charge in [0.1, 0.15) is 17.1 Å².